The largest absolute Gasteiger partial charge is 0.492 e. The van der Waals surface area contributed by atoms with Crippen molar-refractivity contribution in [3.63, 3.8) is 0 Å². The van der Waals surface area contributed by atoms with Crippen molar-refractivity contribution >= 4 is 5.71 Å². The highest BCUT2D eigenvalue weighted by Crippen LogP contribution is 2.21. The number of nitrogens with zero attached hydrogens (tertiary/aromatic N) is 3. The number of aryl methyl sites for hydroxylation is 1. The van der Waals surface area contributed by atoms with E-state index in [0.717, 1.165) is 5.56 Å². The van der Waals surface area contributed by atoms with Crippen LogP contribution in [-0.4, -0.2) is 27.3 Å². The third-order valence-corrected chi connectivity index (χ3v) is 2.89. The molecule has 0 aliphatic carbocycles. The van der Waals surface area contributed by atoms with Gasteiger partial charge in [0, 0.05) is 31.3 Å². The van der Waals surface area contributed by atoms with Crippen molar-refractivity contribution in [3.05, 3.63) is 47.5 Å². The molecule has 6 heteroatoms. The third kappa shape index (κ3) is 3.34. The van der Waals surface area contributed by atoms with Gasteiger partial charge in [-0.25, -0.2) is 4.39 Å². The quantitative estimate of drug-likeness (QED) is 0.518. The van der Waals surface area contributed by atoms with Crippen molar-refractivity contribution in [1.29, 1.82) is 0 Å². The van der Waals surface area contributed by atoms with Crippen LogP contribution in [0.4, 0.5) is 4.39 Å². The predicted octanol–water partition coefficient (Wildman–Crippen LogP) is 2.38. The second kappa shape index (κ2) is 6.18. The van der Waals surface area contributed by atoms with Gasteiger partial charge in [0.15, 0.2) is 0 Å². The normalized spacial score (nSPS) is 11.7. The van der Waals surface area contributed by atoms with Gasteiger partial charge in [-0.3, -0.25) is 4.68 Å². The maximum Gasteiger partial charge on any atom is 0.131 e. The Balaban J connectivity index is 2.06. The topological polar surface area (TPSA) is 59.6 Å². The number of oxime groups is 1. The summed E-state index contributed by atoms with van der Waals surface area (Å²) in [6.07, 6.45) is 4.33. The minimum atomic E-state index is -0.393. The molecule has 0 radical (unpaired) electrons. The Morgan fingerprint density at radius 1 is 1.50 bits per heavy atom. The highest BCUT2D eigenvalue weighted by molar-refractivity contribution is 6.00. The zero-order valence-corrected chi connectivity index (χ0v) is 11.4. The molecule has 2 aromatic rings. The van der Waals surface area contributed by atoms with Gasteiger partial charge in [0.2, 0.25) is 0 Å². The van der Waals surface area contributed by atoms with Gasteiger partial charge in [-0.2, -0.15) is 5.10 Å². The lowest BCUT2D eigenvalue weighted by Gasteiger charge is -2.10. The van der Waals surface area contributed by atoms with Crippen LogP contribution in [0.5, 0.6) is 5.75 Å². The van der Waals surface area contributed by atoms with E-state index in [0.29, 0.717) is 30.1 Å². The predicted molar refractivity (Wildman–Crippen MR) is 72.8 cm³/mol. The molecule has 0 spiro atoms. The van der Waals surface area contributed by atoms with Gasteiger partial charge < -0.3 is 9.94 Å². The number of halogens is 1. The monoisotopic (exact) mass is 277 g/mol. The van der Waals surface area contributed by atoms with Crippen LogP contribution in [0.3, 0.4) is 0 Å². The van der Waals surface area contributed by atoms with Gasteiger partial charge in [0.05, 0.1) is 18.5 Å². The van der Waals surface area contributed by atoms with E-state index in [1.807, 2.05) is 13.2 Å². The van der Waals surface area contributed by atoms with Crippen molar-refractivity contribution in [3.8, 4) is 5.75 Å². The number of ether oxygens (including phenoxy) is 1. The van der Waals surface area contributed by atoms with Crippen LogP contribution in [0, 0.1) is 5.82 Å². The lowest BCUT2D eigenvalue weighted by atomic mass is 10.1. The molecular weight excluding hydrogens is 261 g/mol. The van der Waals surface area contributed by atoms with E-state index in [-0.39, 0.29) is 0 Å². The summed E-state index contributed by atoms with van der Waals surface area (Å²) < 4.78 is 20.6. The molecule has 1 aromatic carbocycles. The number of rotatable bonds is 5. The third-order valence-electron chi connectivity index (χ3n) is 2.89. The van der Waals surface area contributed by atoms with Crippen molar-refractivity contribution in [2.24, 2.45) is 12.2 Å². The molecule has 0 fully saturated rings. The smallest absolute Gasteiger partial charge is 0.131 e. The molecule has 1 aromatic heterocycles. The Bertz CT molecular complexity index is 623. The summed E-state index contributed by atoms with van der Waals surface area (Å²) in [6, 6.07) is 4.12. The number of hydrogen-bond acceptors (Lipinski definition) is 4. The van der Waals surface area contributed by atoms with Crippen LogP contribution in [0.15, 0.2) is 35.7 Å². The second-order valence-electron chi connectivity index (χ2n) is 4.45. The van der Waals surface area contributed by atoms with Gasteiger partial charge in [-0.05, 0) is 24.6 Å². The first-order valence-corrected chi connectivity index (χ1v) is 6.19. The van der Waals surface area contributed by atoms with Crippen molar-refractivity contribution < 1.29 is 14.3 Å². The Morgan fingerprint density at radius 3 is 2.95 bits per heavy atom. The molecular formula is C14H16FN3O2. The molecule has 0 saturated heterocycles. The summed E-state index contributed by atoms with van der Waals surface area (Å²) in [5, 5.41) is 16.0. The molecule has 106 valence electrons. The van der Waals surface area contributed by atoms with E-state index in [1.165, 1.54) is 18.2 Å². The van der Waals surface area contributed by atoms with Crippen LogP contribution < -0.4 is 4.74 Å². The molecule has 20 heavy (non-hydrogen) atoms. The Kier molecular flexibility index (Phi) is 4.34. The fourth-order valence-electron chi connectivity index (χ4n) is 1.85. The van der Waals surface area contributed by atoms with Gasteiger partial charge in [-0.1, -0.05) is 5.16 Å². The van der Waals surface area contributed by atoms with Crippen molar-refractivity contribution in [2.45, 2.75) is 13.3 Å². The Hall–Kier alpha value is -2.37. The number of hydrogen-bond donors (Lipinski definition) is 1. The van der Waals surface area contributed by atoms with Crippen molar-refractivity contribution in [1.82, 2.24) is 9.78 Å². The standard InChI is InChI=1S/C14H16FN3O2/c1-10(17-19)13-4-3-12(15)7-14(13)20-6-5-11-8-16-18(2)9-11/h3-4,7-9,19H,5-6H2,1-2H3/b17-10-. The summed E-state index contributed by atoms with van der Waals surface area (Å²) in [6.45, 7) is 2.02. The van der Waals surface area contributed by atoms with Crippen LogP contribution in [0.1, 0.15) is 18.1 Å². The van der Waals surface area contributed by atoms with E-state index in [9.17, 15) is 4.39 Å². The minimum Gasteiger partial charge on any atom is -0.492 e. The van der Waals surface area contributed by atoms with Gasteiger partial charge >= 0.3 is 0 Å². The maximum atomic E-state index is 13.3. The lowest BCUT2D eigenvalue weighted by molar-refractivity contribution is 0.313. The van der Waals surface area contributed by atoms with Gasteiger partial charge in [0.1, 0.15) is 11.6 Å². The summed E-state index contributed by atoms with van der Waals surface area (Å²) in [5.41, 5.74) is 1.99. The summed E-state index contributed by atoms with van der Waals surface area (Å²) in [7, 11) is 1.84. The highest BCUT2D eigenvalue weighted by Gasteiger charge is 2.09. The molecule has 0 aliphatic rings. The minimum absolute atomic E-state index is 0.365. The molecule has 5 nitrogen and oxygen atoms in total. The lowest BCUT2D eigenvalue weighted by Crippen LogP contribution is -2.06. The van der Waals surface area contributed by atoms with E-state index < -0.39 is 5.82 Å². The van der Waals surface area contributed by atoms with Crippen molar-refractivity contribution in [2.75, 3.05) is 6.61 Å². The molecule has 0 saturated carbocycles. The Labute approximate surface area is 116 Å². The summed E-state index contributed by atoms with van der Waals surface area (Å²) in [4.78, 5) is 0. The van der Waals surface area contributed by atoms with Crippen LogP contribution >= 0.6 is 0 Å². The fraction of sp³-hybridized carbons (Fsp3) is 0.286. The van der Waals surface area contributed by atoms with E-state index in [2.05, 4.69) is 10.3 Å². The van der Waals surface area contributed by atoms with Gasteiger partial charge in [0.25, 0.3) is 0 Å². The zero-order valence-electron chi connectivity index (χ0n) is 11.4. The van der Waals surface area contributed by atoms with E-state index in [4.69, 9.17) is 9.94 Å². The fourth-order valence-corrected chi connectivity index (χ4v) is 1.85. The number of benzene rings is 1. The van der Waals surface area contributed by atoms with Crippen LogP contribution in [-0.2, 0) is 13.5 Å². The average Bonchev–Trinajstić information content (AvgIpc) is 2.84. The highest BCUT2D eigenvalue weighted by atomic mass is 19.1. The molecule has 0 aliphatic heterocycles. The first-order chi connectivity index (χ1) is 9.60. The number of aromatic nitrogens is 2. The molecule has 0 atom stereocenters. The molecule has 0 unspecified atom stereocenters. The maximum absolute atomic E-state index is 13.3. The average molecular weight is 277 g/mol. The first kappa shape index (κ1) is 14.0. The van der Waals surface area contributed by atoms with E-state index in [1.54, 1.807) is 17.8 Å². The van der Waals surface area contributed by atoms with E-state index >= 15 is 0 Å². The first-order valence-electron chi connectivity index (χ1n) is 6.19. The molecule has 2 rings (SSSR count). The Morgan fingerprint density at radius 2 is 2.30 bits per heavy atom. The summed E-state index contributed by atoms with van der Waals surface area (Å²) in [5.74, 6) is -0.0277. The zero-order chi connectivity index (χ0) is 14.5. The molecule has 1 N–H and O–H groups in total. The molecule has 0 bridgehead atoms. The van der Waals surface area contributed by atoms with Crippen LogP contribution in [0.2, 0.25) is 0 Å². The SMILES string of the molecule is C/C(=N/O)c1ccc(F)cc1OCCc1cnn(C)c1. The van der Waals surface area contributed by atoms with Crippen LogP contribution in [0.25, 0.3) is 0 Å². The summed E-state index contributed by atoms with van der Waals surface area (Å²) >= 11 is 0. The second-order valence-corrected chi connectivity index (χ2v) is 4.45. The molecule has 1 heterocycles. The van der Waals surface area contributed by atoms with Gasteiger partial charge in [-0.15, -0.1) is 0 Å². The molecule has 0 amide bonds.